The number of hydrogen-bond acceptors (Lipinski definition) is 25. The van der Waals surface area contributed by atoms with Gasteiger partial charge in [-0.05, 0) is 273 Å². The van der Waals surface area contributed by atoms with E-state index in [1.165, 1.54) is 78.3 Å². The first-order valence-corrected chi connectivity index (χ1v) is 50.1. The van der Waals surface area contributed by atoms with Crippen LogP contribution in [-0.4, -0.2) is 216 Å². The zero-order chi connectivity index (χ0) is 101. The van der Waals surface area contributed by atoms with Crippen LogP contribution in [-0.2, 0) is 74.7 Å². The largest absolute Gasteiger partial charge is 0.481 e. The third kappa shape index (κ3) is 25.9. The van der Waals surface area contributed by atoms with Gasteiger partial charge in [0.2, 0.25) is 23.5 Å². The summed E-state index contributed by atoms with van der Waals surface area (Å²) < 4.78 is 43.3. The Morgan fingerprint density at radius 1 is 0.430 bits per heavy atom. The van der Waals surface area contributed by atoms with E-state index in [0.717, 1.165) is 162 Å². The number of carbonyl (C=O) groups is 5. The first kappa shape index (κ1) is 105. The first-order chi connectivity index (χ1) is 66.8. The Morgan fingerprint density at radius 3 is 1.15 bits per heavy atom. The number of nitrogens with zero attached hydrogens (tertiary/aromatic N) is 15. The number of halogens is 1. The summed E-state index contributed by atoms with van der Waals surface area (Å²) in [6, 6.07) is 25.8. The van der Waals surface area contributed by atoms with E-state index >= 15 is 0 Å². The SMILES string of the molecule is C=C(C)C.C=C(C)c1ccc2c(c1)C(c1cncc(O[C@H]3CN(C(=O)OC(C)(C)C)CCC34CC4)n1)=NC2.CC(=O)O.CC(=O)O.CC(C)(C)OC(=O)N1CCC2(CC2)[C@@H](Oc2cncc(C3=NCc4ccc(Br)cc43)n2)C1.CC(C)(C)OC(=O)N1CCC2(CC2)[C@@H](Oc2cncc(C3=NCc4ccc(C5(C)CC5)cc43)n2)C1.CC1(c2ccc3[nH]nc(-c4cncc(O[C@H]5CNCCC56CC6)n4)c3c2)CC1.[Pd]. The number of carbonyl (C=O) groups excluding carboxylic acids is 3. The average Bonchev–Trinajstić information content (AvgIpc) is 1.61. The van der Waals surface area contributed by atoms with Crippen LogP contribution in [0.4, 0.5) is 14.4 Å². The van der Waals surface area contributed by atoms with Crippen LogP contribution in [0.15, 0.2) is 161 Å². The third-order valence-electron chi connectivity index (χ3n) is 28.4. The van der Waals surface area contributed by atoms with Gasteiger partial charge in [-0.2, -0.15) is 5.10 Å². The number of H-pyrrole nitrogens is 1. The van der Waals surface area contributed by atoms with Crippen molar-refractivity contribution in [2.45, 2.75) is 285 Å². The molecule has 12 heterocycles. The van der Waals surface area contributed by atoms with Gasteiger partial charge in [0, 0.05) is 109 Å². The minimum Gasteiger partial charge on any atom is -0.481 e. The summed E-state index contributed by atoms with van der Waals surface area (Å²) in [4.78, 5) is 112. The fraction of sp³-hybridized carbons (Fsp3) is 0.514. The molecule has 4 N–H and O–H groups in total. The van der Waals surface area contributed by atoms with Crippen LogP contribution in [0.2, 0.25) is 0 Å². The van der Waals surface area contributed by atoms with Crippen LogP contribution < -0.4 is 24.3 Å². The molecule has 31 nitrogen and oxygen atoms in total. The number of allylic oxidation sites excluding steroid dienone is 2. The number of hydrogen-bond donors (Lipinski definition) is 4. The fourth-order valence-electron chi connectivity index (χ4n) is 19.0. The number of nitrogens with one attached hydrogen (secondary N) is 2. The number of amides is 3. The average molecular weight is 2090 g/mol. The molecule has 4 saturated heterocycles. The Hall–Kier alpha value is -11.8. The summed E-state index contributed by atoms with van der Waals surface area (Å²) in [7, 11) is 0. The number of carboxylic acids is 2. The second-order valence-electron chi connectivity index (χ2n) is 43.8. The first-order valence-electron chi connectivity index (χ1n) is 49.3. The van der Waals surface area contributed by atoms with Gasteiger partial charge in [-0.25, -0.2) is 34.3 Å². The van der Waals surface area contributed by atoms with Gasteiger partial charge in [0.25, 0.3) is 11.9 Å². The normalized spacial score (nSPS) is 20.8. The van der Waals surface area contributed by atoms with Crippen LogP contribution in [0.3, 0.4) is 0 Å². The number of benzene rings is 4. The molecular weight excluding hydrogens is 1960 g/mol. The number of carboxylic acid groups (broad SMARTS) is 2. The van der Waals surface area contributed by atoms with Gasteiger partial charge in [-0.3, -0.25) is 49.6 Å². The number of rotatable bonds is 15. The van der Waals surface area contributed by atoms with Gasteiger partial charge in [0.1, 0.15) is 69.7 Å². The van der Waals surface area contributed by atoms with Crippen LogP contribution in [0, 0.1) is 21.7 Å². The molecule has 6 aliphatic carbocycles. The molecule has 142 heavy (non-hydrogen) atoms. The summed E-state index contributed by atoms with van der Waals surface area (Å²) in [5.74, 6) is 0.355. The van der Waals surface area contributed by atoms with E-state index in [4.69, 9.17) is 82.9 Å². The van der Waals surface area contributed by atoms with Crippen LogP contribution in [0.25, 0.3) is 27.9 Å². The summed E-state index contributed by atoms with van der Waals surface area (Å²) in [6.45, 7) is 44.9. The fourth-order valence-corrected chi connectivity index (χ4v) is 19.4. The van der Waals surface area contributed by atoms with Gasteiger partial charge < -0.3 is 63.4 Å². The van der Waals surface area contributed by atoms with Crippen molar-refractivity contribution >= 4 is 79.8 Å². The van der Waals surface area contributed by atoms with Crippen LogP contribution in [0.1, 0.15) is 281 Å². The zero-order valence-corrected chi connectivity index (χ0v) is 87.7. The van der Waals surface area contributed by atoms with Crippen molar-refractivity contribution in [2.75, 3.05) is 52.4 Å². The molecule has 3 amide bonds. The molecule has 4 aromatic carbocycles. The molecule has 5 aromatic heterocycles. The number of aliphatic carboxylic acids is 2. The van der Waals surface area contributed by atoms with Crippen molar-refractivity contribution in [3.63, 3.8) is 0 Å². The Balaban J connectivity index is 0.000000137. The molecule has 756 valence electrons. The quantitative estimate of drug-likeness (QED) is 0.0421. The summed E-state index contributed by atoms with van der Waals surface area (Å²) in [5.41, 5.74) is 20.0. The van der Waals surface area contributed by atoms with Crippen molar-refractivity contribution in [3.8, 4) is 34.9 Å². The van der Waals surface area contributed by atoms with Gasteiger partial charge in [-0.1, -0.05) is 83.9 Å². The van der Waals surface area contributed by atoms with Crippen molar-refractivity contribution in [1.82, 2.24) is 70.1 Å². The maximum atomic E-state index is 12.7. The number of likely N-dealkylation sites (tertiary alicyclic amines) is 3. The molecule has 22 rings (SSSR count). The molecule has 6 saturated carbocycles. The predicted molar refractivity (Wildman–Crippen MR) is 542 cm³/mol. The molecule has 13 aliphatic rings. The molecule has 7 aliphatic heterocycles. The smallest absolute Gasteiger partial charge is 0.410 e. The summed E-state index contributed by atoms with van der Waals surface area (Å²) in [5, 5.41) is 27.1. The predicted octanol–water partition coefficient (Wildman–Crippen LogP) is 20.2. The van der Waals surface area contributed by atoms with Crippen molar-refractivity contribution in [1.29, 1.82) is 0 Å². The number of ether oxygens (including phenoxy) is 7. The van der Waals surface area contributed by atoms with E-state index < -0.39 is 28.7 Å². The second-order valence-corrected chi connectivity index (χ2v) is 44.8. The molecule has 9 aromatic rings. The van der Waals surface area contributed by atoms with E-state index in [1.807, 2.05) is 89.2 Å². The van der Waals surface area contributed by atoms with Crippen molar-refractivity contribution in [3.05, 3.63) is 213 Å². The Kier molecular flexibility index (Phi) is 31.1. The Labute approximate surface area is 853 Å². The minimum atomic E-state index is -0.833. The third-order valence-corrected chi connectivity index (χ3v) is 28.9. The maximum absolute atomic E-state index is 12.7. The van der Waals surface area contributed by atoms with Gasteiger partial charge in [-0.15, -0.1) is 6.58 Å². The van der Waals surface area contributed by atoms with E-state index in [2.05, 4.69) is 150 Å². The van der Waals surface area contributed by atoms with E-state index in [1.54, 1.807) is 64.3 Å². The van der Waals surface area contributed by atoms with Crippen molar-refractivity contribution < 1.29 is 87.8 Å². The van der Waals surface area contributed by atoms with E-state index in [-0.39, 0.29) is 79.4 Å². The molecule has 0 bridgehead atoms. The topological polar surface area (TPSA) is 381 Å². The summed E-state index contributed by atoms with van der Waals surface area (Å²) in [6.07, 6.45) is 30.8. The zero-order valence-electron chi connectivity index (χ0n) is 84.6. The monoisotopic (exact) mass is 2090 g/mol. The van der Waals surface area contributed by atoms with Crippen molar-refractivity contribution in [2.24, 2.45) is 36.6 Å². The van der Waals surface area contributed by atoms with Gasteiger partial charge in [0.15, 0.2) is 0 Å². The number of piperidine rings is 4. The minimum absolute atomic E-state index is 0. The van der Waals surface area contributed by atoms with Crippen LogP contribution in [0.5, 0.6) is 23.5 Å². The molecule has 33 heteroatoms. The molecule has 4 spiro atoms. The summed E-state index contributed by atoms with van der Waals surface area (Å²) >= 11 is 3.54. The molecular formula is C109H134BrN17O14Pd. The Morgan fingerprint density at radius 2 is 0.768 bits per heavy atom. The molecule has 0 unspecified atom stereocenters. The Bertz CT molecular complexity index is 6290. The van der Waals surface area contributed by atoms with Gasteiger partial charge >= 0.3 is 18.3 Å². The standard InChI is InChI=1S/C28H34N4O3.C27H32N4O3.C24H27BrN4O3.C22H25N5O.C4H8.2C2H4O2.Pd/c1-26(2,3)35-25(33)32-12-11-28(9-10-28)22(17-32)34-23-16-29-15-21(31-23)24-20-13-19(27(4)7-8-27)6-5-18(20)14-30-24;1-17(2)18-6-7-19-13-29-24(20(19)12-18)21-14-28-15-23(30-21)33-22-16-31(11-10-27(22)8-9-27)25(32)34-26(3,4)5;1-23(2,3)32-22(30)29-9-8-24(6-7-24)19(14-29)31-20-13-26-12-18(28-20)21-17-10-16(25)5-4-15(17)11-27-21;1-21(4-5-21)14-2-3-16-15(10-14)20(27-26-16)17-11-24-13-19(25-17)28-18-12-23-9-8-22(18)6-7-22;1-4(2)3;2*1-2(3)4;/h5-6,13,15-16,22H,7-12,14,17H2,1-4H3;6-7,12,14-15,22H,1,8-11,13,16H2,2-5H3;4-5,10,12-13,19H,6-9,11,14H2,1-3H3;2-3,10-11,13,18,23H,4-9,12H2,1H3,(H,26,27);1H2,2-3H3;2*1H3,(H,3,4);/t2*22-;19-;18-;;;;/m0000..../s1. The molecule has 0 radical (unpaired) electrons. The molecule has 10 fully saturated rings. The van der Waals surface area contributed by atoms with E-state index in [0.29, 0.717) is 110 Å². The number of aromatic amines is 1. The number of aliphatic imine (C=N–C) groups is 3. The van der Waals surface area contributed by atoms with E-state index in [9.17, 15) is 14.4 Å². The second kappa shape index (κ2) is 42.3. The molecule has 4 atom stereocenters. The maximum Gasteiger partial charge on any atom is 0.410 e. The van der Waals surface area contributed by atoms with Gasteiger partial charge in [0.05, 0.1) is 111 Å². The van der Waals surface area contributed by atoms with Crippen LogP contribution >= 0.6 is 15.9 Å². The number of fused-ring (bicyclic) bond motifs is 4. The number of aromatic nitrogens is 10.